The first-order chi connectivity index (χ1) is 13.1. The van der Waals surface area contributed by atoms with Crippen molar-refractivity contribution >= 4 is 22.7 Å². The van der Waals surface area contributed by atoms with Gasteiger partial charge in [-0.2, -0.15) is 0 Å². The molecule has 0 saturated carbocycles. The second-order valence-corrected chi connectivity index (χ2v) is 7.43. The van der Waals surface area contributed by atoms with Crippen molar-refractivity contribution < 1.29 is 13.5 Å². The summed E-state index contributed by atoms with van der Waals surface area (Å²) >= 11 is 1.23. The average Bonchev–Trinajstić information content (AvgIpc) is 3.18. The highest BCUT2D eigenvalue weighted by Crippen LogP contribution is 2.25. The second kappa shape index (κ2) is 7.78. The standard InChI is InChI=1S/C20H18F2N2O2S/c21-14-7-8-17(22)13(10-14)12-27-20-23-18-6-2-1-5-16(18)19(25)24(20)11-15-4-3-9-26-15/h1-2,5-8,10,15H,3-4,9,11-12H2/t15-/m0/s1. The van der Waals surface area contributed by atoms with Gasteiger partial charge in [0.1, 0.15) is 11.6 Å². The minimum absolute atomic E-state index is 0.0316. The predicted octanol–water partition coefficient (Wildman–Crippen LogP) is 4.15. The summed E-state index contributed by atoms with van der Waals surface area (Å²) in [5.74, 6) is -0.784. The van der Waals surface area contributed by atoms with E-state index in [0.29, 0.717) is 29.2 Å². The van der Waals surface area contributed by atoms with Crippen LogP contribution in [-0.2, 0) is 17.0 Å². The van der Waals surface area contributed by atoms with Crippen molar-refractivity contribution in [3.63, 3.8) is 0 Å². The van der Waals surface area contributed by atoms with Crippen molar-refractivity contribution in [1.82, 2.24) is 9.55 Å². The molecule has 1 aromatic heterocycles. The van der Waals surface area contributed by atoms with E-state index in [4.69, 9.17) is 4.74 Å². The van der Waals surface area contributed by atoms with Crippen LogP contribution in [0, 0.1) is 11.6 Å². The zero-order chi connectivity index (χ0) is 18.8. The molecule has 1 aliphatic heterocycles. The smallest absolute Gasteiger partial charge is 0.262 e. The minimum atomic E-state index is -0.491. The van der Waals surface area contributed by atoms with Crippen LogP contribution in [0.25, 0.3) is 10.9 Å². The van der Waals surface area contributed by atoms with Crippen LogP contribution in [-0.4, -0.2) is 22.3 Å². The minimum Gasteiger partial charge on any atom is -0.376 e. The molecule has 2 aromatic carbocycles. The maximum Gasteiger partial charge on any atom is 0.262 e. The maximum absolute atomic E-state index is 13.9. The van der Waals surface area contributed by atoms with Gasteiger partial charge in [0.2, 0.25) is 0 Å². The van der Waals surface area contributed by atoms with E-state index in [1.165, 1.54) is 17.8 Å². The molecule has 1 atom stereocenters. The highest BCUT2D eigenvalue weighted by Gasteiger charge is 2.20. The number of hydrogen-bond donors (Lipinski definition) is 0. The van der Waals surface area contributed by atoms with Gasteiger partial charge in [0.15, 0.2) is 5.16 Å². The van der Waals surface area contributed by atoms with Crippen LogP contribution in [0.1, 0.15) is 18.4 Å². The zero-order valence-electron chi connectivity index (χ0n) is 14.5. The molecule has 0 amide bonds. The molecule has 0 radical (unpaired) electrons. The molecule has 1 saturated heterocycles. The summed E-state index contributed by atoms with van der Waals surface area (Å²) in [6.07, 6.45) is 1.83. The van der Waals surface area contributed by atoms with Crippen LogP contribution in [0.5, 0.6) is 0 Å². The van der Waals surface area contributed by atoms with Crippen molar-refractivity contribution in [1.29, 1.82) is 0 Å². The number of thioether (sulfide) groups is 1. The highest BCUT2D eigenvalue weighted by atomic mass is 32.2. The molecule has 1 fully saturated rings. The van der Waals surface area contributed by atoms with Gasteiger partial charge in [-0.25, -0.2) is 13.8 Å². The van der Waals surface area contributed by atoms with Gasteiger partial charge in [-0.15, -0.1) is 0 Å². The summed E-state index contributed by atoms with van der Waals surface area (Å²) in [6, 6.07) is 10.5. The van der Waals surface area contributed by atoms with E-state index in [9.17, 15) is 13.6 Å². The molecule has 1 aliphatic rings. The number of fused-ring (bicyclic) bond motifs is 1. The number of para-hydroxylation sites is 1. The SMILES string of the molecule is O=c1c2ccccc2nc(SCc2cc(F)ccc2F)n1C[C@@H]1CCCO1. The molecule has 7 heteroatoms. The lowest BCUT2D eigenvalue weighted by atomic mass is 10.2. The Bertz CT molecular complexity index is 1030. The maximum atomic E-state index is 13.9. The number of hydrogen-bond acceptors (Lipinski definition) is 4. The molecule has 140 valence electrons. The van der Waals surface area contributed by atoms with Gasteiger partial charge in [-0.3, -0.25) is 9.36 Å². The Morgan fingerprint density at radius 1 is 1.22 bits per heavy atom. The summed E-state index contributed by atoms with van der Waals surface area (Å²) in [6.45, 7) is 1.10. The first-order valence-corrected chi connectivity index (χ1v) is 9.78. The summed E-state index contributed by atoms with van der Waals surface area (Å²) in [5, 5.41) is 1.02. The van der Waals surface area contributed by atoms with Gasteiger partial charge in [0.25, 0.3) is 5.56 Å². The van der Waals surface area contributed by atoms with E-state index in [1.54, 1.807) is 22.8 Å². The summed E-state index contributed by atoms with van der Waals surface area (Å²) in [4.78, 5) is 17.6. The van der Waals surface area contributed by atoms with Crippen LogP contribution in [0.15, 0.2) is 52.4 Å². The number of nitrogens with zero attached hydrogens (tertiary/aromatic N) is 2. The number of halogens is 2. The molecule has 2 heterocycles. The summed E-state index contributed by atoms with van der Waals surface area (Å²) in [7, 11) is 0. The van der Waals surface area contributed by atoms with Crippen LogP contribution < -0.4 is 5.56 Å². The molecule has 27 heavy (non-hydrogen) atoms. The van der Waals surface area contributed by atoms with Gasteiger partial charge in [0, 0.05) is 17.9 Å². The molecule has 4 nitrogen and oxygen atoms in total. The van der Waals surface area contributed by atoms with Crippen LogP contribution in [0.2, 0.25) is 0 Å². The zero-order valence-corrected chi connectivity index (χ0v) is 15.3. The Labute approximate surface area is 159 Å². The lowest BCUT2D eigenvalue weighted by Crippen LogP contribution is -2.28. The third kappa shape index (κ3) is 3.89. The van der Waals surface area contributed by atoms with Crippen molar-refractivity contribution in [3.8, 4) is 0 Å². The van der Waals surface area contributed by atoms with Gasteiger partial charge in [-0.05, 0) is 43.2 Å². The lowest BCUT2D eigenvalue weighted by Gasteiger charge is -2.16. The fourth-order valence-electron chi connectivity index (χ4n) is 3.21. The molecule has 3 aromatic rings. The Kier molecular flexibility index (Phi) is 5.22. The Hall–Kier alpha value is -2.25. The fraction of sp³-hybridized carbons (Fsp3) is 0.300. The molecule has 0 N–H and O–H groups in total. The molecule has 0 spiro atoms. The van der Waals surface area contributed by atoms with Crippen molar-refractivity contribution in [2.24, 2.45) is 0 Å². The van der Waals surface area contributed by atoms with Crippen molar-refractivity contribution in [2.45, 2.75) is 36.4 Å². The second-order valence-electron chi connectivity index (χ2n) is 6.49. The van der Waals surface area contributed by atoms with Gasteiger partial charge < -0.3 is 4.74 Å². The van der Waals surface area contributed by atoms with E-state index < -0.39 is 11.6 Å². The largest absolute Gasteiger partial charge is 0.376 e. The predicted molar refractivity (Wildman–Crippen MR) is 101 cm³/mol. The van der Waals surface area contributed by atoms with E-state index >= 15 is 0 Å². The number of benzene rings is 2. The number of ether oxygens (including phenoxy) is 1. The van der Waals surface area contributed by atoms with E-state index in [-0.39, 0.29) is 23.0 Å². The topological polar surface area (TPSA) is 44.1 Å². The molecular formula is C20H18F2N2O2S. The van der Waals surface area contributed by atoms with Crippen molar-refractivity contribution in [3.05, 3.63) is 70.0 Å². The summed E-state index contributed by atoms with van der Waals surface area (Å²) < 4.78 is 34.6. The number of rotatable bonds is 5. The van der Waals surface area contributed by atoms with Crippen LogP contribution in [0.4, 0.5) is 8.78 Å². The third-order valence-electron chi connectivity index (χ3n) is 4.60. The lowest BCUT2D eigenvalue weighted by molar-refractivity contribution is 0.0937. The Balaban J connectivity index is 1.70. The normalized spacial score (nSPS) is 16.9. The monoisotopic (exact) mass is 388 g/mol. The third-order valence-corrected chi connectivity index (χ3v) is 5.63. The van der Waals surface area contributed by atoms with E-state index in [1.807, 2.05) is 6.07 Å². The Morgan fingerprint density at radius 2 is 2.07 bits per heavy atom. The molecule has 0 aliphatic carbocycles. The summed E-state index contributed by atoms with van der Waals surface area (Å²) in [5.41, 5.74) is 0.692. The van der Waals surface area contributed by atoms with Crippen molar-refractivity contribution in [2.75, 3.05) is 6.61 Å². The molecule has 0 unspecified atom stereocenters. The van der Waals surface area contributed by atoms with E-state index in [0.717, 1.165) is 25.0 Å². The first kappa shape index (κ1) is 18.1. The Morgan fingerprint density at radius 3 is 2.89 bits per heavy atom. The fourth-order valence-corrected chi connectivity index (χ4v) is 4.19. The quantitative estimate of drug-likeness (QED) is 0.487. The van der Waals surface area contributed by atoms with E-state index in [2.05, 4.69) is 4.98 Å². The molecule has 0 bridgehead atoms. The van der Waals surface area contributed by atoms with Gasteiger partial charge in [0.05, 0.1) is 23.6 Å². The van der Waals surface area contributed by atoms with Gasteiger partial charge >= 0.3 is 0 Å². The number of aromatic nitrogens is 2. The van der Waals surface area contributed by atoms with Gasteiger partial charge in [-0.1, -0.05) is 23.9 Å². The van der Waals surface area contributed by atoms with Crippen LogP contribution in [0.3, 0.4) is 0 Å². The molecule has 4 rings (SSSR count). The van der Waals surface area contributed by atoms with Crippen LogP contribution >= 0.6 is 11.8 Å². The molecular weight excluding hydrogens is 370 g/mol. The highest BCUT2D eigenvalue weighted by molar-refractivity contribution is 7.98. The first-order valence-electron chi connectivity index (χ1n) is 8.80. The average molecular weight is 388 g/mol.